The number of rotatable bonds is 4. The molecule has 21 heavy (non-hydrogen) atoms. The van der Waals surface area contributed by atoms with Gasteiger partial charge in [0.05, 0.1) is 23.9 Å². The second-order valence-corrected chi connectivity index (χ2v) is 5.24. The highest BCUT2D eigenvalue weighted by molar-refractivity contribution is 6.34. The molecule has 1 heterocycles. The molecule has 1 aromatic rings. The summed E-state index contributed by atoms with van der Waals surface area (Å²) in [5.74, 6) is -1.17. The van der Waals surface area contributed by atoms with Gasteiger partial charge < -0.3 is 20.5 Å². The van der Waals surface area contributed by atoms with Crippen molar-refractivity contribution in [3.8, 4) is 5.75 Å². The number of carbonyl (C=O) groups is 2. The number of ether oxygens (including phenoxy) is 1. The summed E-state index contributed by atoms with van der Waals surface area (Å²) in [5, 5.41) is 15.1. The number of methoxy groups -OCH3 is 1. The minimum absolute atomic E-state index is 0.0451. The number of benzene rings is 1. The molecule has 0 saturated carbocycles. The molecular weight excluding hydrogens is 296 g/mol. The number of hydrogen-bond acceptors (Lipinski definition) is 4. The number of aromatic carboxylic acids is 1. The molecule has 2 rings (SSSR count). The average molecular weight is 313 g/mol. The number of carboxylic acids is 1. The van der Waals surface area contributed by atoms with Gasteiger partial charge in [-0.05, 0) is 25.5 Å². The maximum absolute atomic E-state index is 12.1. The van der Waals surface area contributed by atoms with E-state index < -0.39 is 5.97 Å². The topological polar surface area (TPSA) is 87.7 Å². The van der Waals surface area contributed by atoms with Gasteiger partial charge in [-0.3, -0.25) is 4.79 Å². The summed E-state index contributed by atoms with van der Waals surface area (Å²) in [7, 11) is 1.37. The number of carboxylic acid groups (broad SMARTS) is 1. The predicted molar refractivity (Wildman–Crippen MR) is 79.2 cm³/mol. The van der Waals surface area contributed by atoms with Gasteiger partial charge in [-0.25, -0.2) is 4.79 Å². The number of amides is 1. The minimum atomic E-state index is -1.14. The number of carbonyl (C=O) groups excluding carboxylic acids is 1. The van der Waals surface area contributed by atoms with E-state index in [1.807, 2.05) is 0 Å². The summed E-state index contributed by atoms with van der Waals surface area (Å²) in [4.78, 5) is 23.2. The first-order valence-corrected chi connectivity index (χ1v) is 7.06. The fraction of sp³-hybridized carbons (Fsp3) is 0.429. The monoisotopic (exact) mass is 312 g/mol. The molecule has 1 amide bonds. The van der Waals surface area contributed by atoms with Gasteiger partial charge in [0.25, 0.3) is 0 Å². The lowest BCUT2D eigenvalue weighted by Crippen LogP contribution is -2.43. The minimum Gasteiger partial charge on any atom is -0.496 e. The van der Waals surface area contributed by atoms with Crippen LogP contribution in [0, 0.1) is 0 Å². The Morgan fingerprint density at radius 1 is 1.43 bits per heavy atom. The molecule has 6 nitrogen and oxygen atoms in total. The molecule has 1 fully saturated rings. The lowest BCUT2D eigenvalue weighted by molar-refractivity contribution is -0.118. The quantitative estimate of drug-likeness (QED) is 0.792. The Labute approximate surface area is 127 Å². The SMILES string of the molecule is COc1cc(NC(=O)[C@H]2CCCCN2)c(Cl)cc1C(=O)O. The van der Waals surface area contributed by atoms with Crippen molar-refractivity contribution in [1.29, 1.82) is 0 Å². The predicted octanol–water partition coefficient (Wildman–Crippen LogP) is 2.13. The summed E-state index contributed by atoms with van der Waals surface area (Å²) >= 11 is 6.03. The second kappa shape index (κ2) is 6.78. The van der Waals surface area contributed by atoms with Crippen LogP contribution in [-0.4, -0.2) is 36.7 Å². The lowest BCUT2D eigenvalue weighted by atomic mass is 10.0. The smallest absolute Gasteiger partial charge is 0.339 e. The molecule has 0 spiro atoms. The van der Waals surface area contributed by atoms with E-state index >= 15 is 0 Å². The normalized spacial score (nSPS) is 18.1. The van der Waals surface area contributed by atoms with Gasteiger partial charge in [0, 0.05) is 6.07 Å². The molecule has 0 unspecified atom stereocenters. The third kappa shape index (κ3) is 3.65. The number of hydrogen-bond donors (Lipinski definition) is 3. The van der Waals surface area contributed by atoms with Gasteiger partial charge in [-0.2, -0.15) is 0 Å². The van der Waals surface area contributed by atoms with E-state index in [9.17, 15) is 9.59 Å². The molecule has 7 heteroatoms. The van der Waals surface area contributed by atoms with Gasteiger partial charge in [0.2, 0.25) is 5.91 Å². The van der Waals surface area contributed by atoms with Crippen molar-refractivity contribution >= 4 is 29.2 Å². The number of piperidine rings is 1. The Morgan fingerprint density at radius 3 is 2.76 bits per heavy atom. The van der Waals surface area contributed by atoms with Crippen LogP contribution < -0.4 is 15.4 Å². The highest BCUT2D eigenvalue weighted by Crippen LogP contribution is 2.31. The van der Waals surface area contributed by atoms with Crippen LogP contribution in [0.15, 0.2) is 12.1 Å². The lowest BCUT2D eigenvalue weighted by Gasteiger charge is -2.23. The van der Waals surface area contributed by atoms with Crippen molar-refractivity contribution in [2.24, 2.45) is 0 Å². The first-order chi connectivity index (χ1) is 10.0. The van der Waals surface area contributed by atoms with Crippen LogP contribution in [0.3, 0.4) is 0 Å². The van der Waals surface area contributed by atoms with Crippen molar-refractivity contribution in [2.45, 2.75) is 25.3 Å². The summed E-state index contributed by atoms with van der Waals surface area (Å²) in [6.07, 6.45) is 2.83. The molecule has 1 aliphatic rings. The largest absolute Gasteiger partial charge is 0.496 e. The van der Waals surface area contributed by atoms with E-state index in [0.29, 0.717) is 5.69 Å². The van der Waals surface area contributed by atoms with E-state index in [4.69, 9.17) is 21.4 Å². The zero-order valence-electron chi connectivity index (χ0n) is 11.6. The zero-order chi connectivity index (χ0) is 15.4. The Morgan fingerprint density at radius 2 is 2.19 bits per heavy atom. The molecule has 1 aromatic carbocycles. The first kappa shape index (κ1) is 15.6. The van der Waals surface area contributed by atoms with Gasteiger partial charge >= 0.3 is 5.97 Å². The first-order valence-electron chi connectivity index (χ1n) is 6.68. The van der Waals surface area contributed by atoms with Crippen molar-refractivity contribution in [3.05, 3.63) is 22.7 Å². The van der Waals surface area contributed by atoms with Crippen molar-refractivity contribution in [1.82, 2.24) is 5.32 Å². The summed E-state index contributed by atoms with van der Waals surface area (Å²) < 4.78 is 5.02. The zero-order valence-corrected chi connectivity index (χ0v) is 12.4. The molecule has 0 aromatic heterocycles. The van der Waals surface area contributed by atoms with Gasteiger partial charge in [0.15, 0.2) is 0 Å². The van der Waals surface area contributed by atoms with Crippen molar-refractivity contribution in [2.75, 3.05) is 19.0 Å². The van der Waals surface area contributed by atoms with E-state index in [0.717, 1.165) is 25.8 Å². The fourth-order valence-corrected chi connectivity index (χ4v) is 2.49. The van der Waals surface area contributed by atoms with Gasteiger partial charge in [-0.15, -0.1) is 0 Å². The van der Waals surface area contributed by atoms with Gasteiger partial charge in [-0.1, -0.05) is 18.0 Å². The second-order valence-electron chi connectivity index (χ2n) is 4.83. The third-order valence-corrected chi connectivity index (χ3v) is 3.72. The Bertz CT molecular complexity index is 556. The molecular formula is C14H17ClN2O4. The van der Waals surface area contributed by atoms with Crippen LogP contribution in [0.2, 0.25) is 5.02 Å². The van der Waals surface area contributed by atoms with Crippen LogP contribution >= 0.6 is 11.6 Å². The van der Waals surface area contributed by atoms with Crippen LogP contribution in [0.4, 0.5) is 5.69 Å². The Balaban J connectivity index is 2.19. The highest BCUT2D eigenvalue weighted by Gasteiger charge is 2.22. The fourth-order valence-electron chi connectivity index (χ4n) is 2.28. The molecule has 1 aliphatic heterocycles. The van der Waals surface area contributed by atoms with E-state index in [1.54, 1.807) is 0 Å². The molecule has 114 valence electrons. The number of nitrogens with one attached hydrogen (secondary N) is 2. The molecule has 0 bridgehead atoms. The highest BCUT2D eigenvalue weighted by atomic mass is 35.5. The molecule has 0 radical (unpaired) electrons. The average Bonchev–Trinajstić information content (AvgIpc) is 2.49. The van der Waals surface area contributed by atoms with E-state index in [-0.39, 0.29) is 28.3 Å². The van der Waals surface area contributed by atoms with Gasteiger partial charge in [0.1, 0.15) is 11.3 Å². The van der Waals surface area contributed by atoms with E-state index in [2.05, 4.69) is 10.6 Å². The standard InChI is InChI=1S/C14H17ClN2O4/c1-21-12-7-11(9(15)6-8(12)14(19)20)17-13(18)10-4-2-3-5-16-10/h6-7,10,16H,2-5H2,1H3,(H,17,18)(H,19,20)/t10-/m1/s1. The van der Waals surface area contributed by atoms with Crippen LogP contribution in [0.5, 0.6) is 5.75 Å². The number of anilines is 1. The van der Waals surface area contributed by atoms with Crippen molar-refractivity contribution < 1.29 is 19.4 Å². The molecule has 0 aliphatic carbocycles. The van der Waals surface area contributed by atoms with E-state index in [1.165, 1.54) is 19.2 Å². The maximum Gasteiger partial charge on any atom is 0.339 e. The third-order valence-electron chi connectivity index (χ3n) is 3.40. The van der Waals surface area contributed by atoms with Crippen LogP contribution in [0.25, 0.3) is 0 Å². The number of halogens is 1. The summed E-state index contributed by atoms with van der Waals surface area (Å²) in [5.41, 5.74) is 0.298. The molecule has 1 saturated heterocycles. The Hall–Kier alpha value is -1.79. The van der Waals surface area contributed by atoms with Crippen molar-refractivity contribution in [3.63, 3.8) is 0 Å². The van der Waals surface area contributed by atoms with Crippen LogP contribution in [0.1, 0.15) is 29.6 Å². The molecule has 3 N–H and O–H groups in total. The maximum atomic E-state index is 12.1. The van der Waals surface area contributed by atoms with Crippen LogP contribution in [-0.2, 0) is 4.79 Å². The molecule has 1 atom stereocenters. The summed E-state index contributed by atoms with van der Waals surface area (Å²) in [6, 6.07) is 2.44. The summed E-state index contributed by atoms with van der Waals surface area (Å²) in [6.45, 7) is 0.813. The Kier molecular flexibility index (Phi) is 5.03.